The van der Waals surface area contributed by atoms with Crippen LogP contribution in [0.15, 0.2) is 59.0 Å². The Hall–Kier alpha value is -3.94. The van der Waals surface area contributed by atoms with Crippen LogP contribution in [0.25, 0.3) is 11.5 Å². The predicted octanol–water partition coefficient (Wildman–Crippen LogP) is 3.08. The van der Waals surface area contributed by atoms with Crippen molar-refractivity contribution in [3.63, 3.8) is 0 Å². The molecule has 1 aromatic heterocycles. The smallest absolute Gasteiger partial charge is 0.277 e. The monoisotopic (exact) mass is 418 g/mol. The van der Waals surface area contributed by atoms with Gasteiger partial charge in [-0.3, -0.25) is 14.4 Å². The van der Waals surface area contributed by atoms with Crippen LogP contribution < -0.4 is 16.4 Å². The van der Waals surface area contributed by atoms with Crippen LogP contribution in [0.5, 0.6) is 0 Å². The first kappa shape index (κ1) is 20.3. The minimum atomic E-state index is -0.490. The maximum absolute atomic E-state index is 13.0. The van der Waals surface area contributed by atoms with Crippen molar-refractivity contribution in [1.82, 2.24) is 10.3 Å². The van der Waals surface area contributed by atoms with Crippen LogP contribution in [0, 0.1) is 0 Å². The van der Waals surface area contributed by atoms with E-state index in [9.17, 15) is 14.4 Å². The van der Waals surface area contributed by atoms with Crippen molar-refractivity contribution >= 4 is 23.4 Å². The molecule has 1 aliphatic carbocycles. The lowest BCUT2D eigenvalue weighted by Gasteiger charge is -2.07. The zero-order chi connectivity index (χ0) is 21.8. The first-order valence-electron chi connectivity index (χ1n) is 10.1. The second-order valence-corrected chi connectivity index (χ2v) is 7.38. The van der Waals surface area contributed by atoms with Crippen molar-refractivity contribution in [2.45, 2.75) is 25.2 Å². The van der Waals surface area contributed by atoms with Gasteiger partial charge >= 0.3 is 0 Å². The van der Waals surface area contributed by atoms with E-state index in [1.165, 1.54) is 0 Å². The molecule has 0 saturated heterocycles. The van der Waals surface area contributed by atoms with Gasteiger partial charge in [0.15, 0.2) is 5.69 Å². The van der Waals surface area contributed by atoms with E-state index in [1.807, 2.05) is 30.3 Å². The molecule has 158 valence electrons. The Morgan fingerprint density at radius 2 is 1.81 bits per heavy atom. The molecule has 1 heterocycles. The molecule has 0 unspecified atom stereocenters. The van der Waals surface area contributed by atoms with Gasteiger partial charge in [-0.1, -0.05) is 24.3 Å². The number of primary amides is 1. The molecular weight excluding hydrogens is 396 g/mol. The normalized spacial score (nSPS) is 12.9. The Bertz CT molecular complexity index is 1120. The molecule has 8 nitrogen and oxygen atoms in total. The van der Waals surface area contributed by atoms with E-state index < -0.39 is 5.91 Å². The van der Waals surface area contributed by atoms with Crippen molar-refractivity contribution < 1.29 is 18.8 Å². The van der Waals surface area contributed by atoms with Crippen LogP contribution in [0.2, 0.25) is 0 Å². The van der Waals surface area contributed by atoms with Crippen LogP contribution in [0.4, 0.5) is 5.69 Å². The average molecular weight is 418 g/mol. The number of benzene rings is 2. The summed E-state index contributed by atoms with van der Waals surface area (Å²) in [5.41, 5.74) is 6.96. The molecule has 4 rings (SSSR count). The van der Waals surface area contributed by atoms with Gasteiger partial charge in [0, 0.05) is 35.7 Å². The fourth-order valence-electron chi connectivity index (χ4n) is 3.15. The summed E-state index contributed by atoms with van der Waals surface area (Å²) in [6.07, 6.45) is 1.98. The number of hydrogen-bond donors (Lipinski definition) is 3. The molecule has 31 heavy (non-hydrogen) atoms. The minimum absolute atomic E-state index is 0.0576. The van der Waals surface area contributed by atoms with E-state index in [1.54, 1.807) is 24.3 Å². The van der Waals surface area contributed by atoms with Gasteiger partial charge in [0.05, 0.1) is 0 Å². The molecule has 3 aromatic rings. The first-order valence-corrected chi connectivity index (χ1v) is 10.1. The molecule has 4 N–H and O–H groups in total. The molecule has 0 atom stereocenters. The molecule has 3 amide bonds. The number of carbonyl (C=O) groups is 3. The number of nitrogens with two attached hydrogens (primary N) is 1. The SMILES string of the molecule is NC(=O)CCNC(=O)c1cccc(NC(=O)c2nc(-c3ccccc3)oc2C2CC2)c1. The summed E-state index contributed by atoms with van der Waals surface area (Å²) in [7, 11) is 0. The molecule has 0 spiro atoms. The molecule has 0 aliphatic heterocycles. The van der Waals surface area contributed by atoms with Gasteiger partial charge in [-0.2, -0.15) is 0 Å². The van der Waals surface area contributed by atoms with Crippen molar-refractivity contribution in [3.8, 4) is 11.5 Å². The highest BCUT2D eigenvalue weighted by molar-refractivity contribution is 6.05. The second-order valence-electron chi connectivity index (χ2n) is 7.38. The number of nitrogens with zero attached hydrogens (tertiary/aromatic N) is 1. The van der Waals surface area contributed by atoms with Gasteiger partial charge < -0.3 is 20.8 Å². The Morgan fingerprint density at radius 3 is 2.52 bits per heavy atom. The quantitative estimate of drug-likeness (QED) is 0.518. The van der Waals surface area contributed by atoms with E-state index >= 15 is 0 Å². The maximum atomic E-state index is 13.0. The molecule has 8 heteroatoms. The van der Waals surface area contributed by atoms with Crippen molar-refractivity contribution in [1.29, 1.82) is 0 Å². The Kier molecular flexibility index (Phi) is 5.79. The van der Waals surface area contributed by atoms with E-state index in [4.69, 9.17) is 10.2 Å². The van der Waals surface area contributed by atoms with Crippen LogP contribution in [-0.4, -0.2) is 29.3 Å². The van der Waals surface area contributed by atoms with Crippen molar-refractivity contribution in [2.75, 3.05) is 11.9 Å². The van der Waals surface area contributed by atoms with E-state index in [-0.39, 0.29) is 36.4 Å². The lowest BCUT2D eigenvalue weighted by atomic mass is 10.1. The Morgan fingerprint density at radius 1 is 1.03 bits per heavy atom. The molecule has 0 bridgehead atoms. The van der Waals surface area contributed by atoms with Crippen molar-refractivity contribution in [2.24, 2.45) is 5.73 Å². The lowest BCUT2D eigenvalue weighted by Crippen LogP contribution is -2.27. The minimum Gasteiger partial charge on any atom is -0.440 e. The van der Waals surface area contributed by atoms with Crippen molar-refractivity contribution in [3.05, 3.63) is 71.6 Å². The molecule has 0 radical (unpaired) electrons. The Labute approximate surface area is 178 Å². The third-order valence-corrected chi connectivity index (χ3v) is 4.88. The molecule has 1 saturated carbocycles. The number of aromatic nitrogens is 1. The van der Waals surface area contributed by atoms with Gasteiger partial charge in [0.25, 0.3) is 11.8 Å². The number of hydrogen-bond acceptors (Lipinski definition) is 5. The van der Waals surface area contributed by atoms with Crippen LogP contribution in [-0.2, 0) is 4.79 Å². The third kappa shape index (κ3) is 4.98. The van der Waals surface area contributed by atoms with Gasteiger partial charge in [-0.25, -0.2) is 4.98 Å². The summed E-state index contributed by atoms with van der Waals surface area (Å²) in [4.78, 5) is 40.5. The van der Waals surface area contributed by atoms with Crippen LogP contribution >= 0.6 is 0 Å². The average Bonchev–Trinajstić information content (AvgIpc) is 3.52. The topological polar surface area (TPSA) is 127 Å². The highest BCUT2D eigenvalue weighted by Crippen LogP contribution is 2.43. The first-order chi connectivity index (χ1) is 15.0. The van der Waals surface area contributed by atoms with Crippen LogP contribution in [0.1, 0.15) is 51.8 Å². The molecular formula is C23H22N4O4. The third-order valence-electron chi connectivity index (χ3n) is 4.88. The number of oxazole rings is 1. The van der Waals surface area contributed by atoms with E-state index in [0.717, 1.165) is 18.4 Å². The summed E-state index contributed by atoms with van der Waals surface area (Å²) >= 11 is 0. The number of nitrogens with one attached hydrogen (secondary N) is 2. The zero-order valence-electron chi connectivity index (χ0n) is 16.8. The fraction of sp³-hybridized carbons (Fsp3) is 0.217. The van der Waals surface area contributed by atoms with Gasteiger partial charge in [0.1, 0.15) is 5.76 Å². The largest absolute Gasteiger partial charge is 0.440 e. The summed E-state index contributed by atoms with van der Waals surface area (Å²) in [5, 5.41) is 5.42. The summed E-state index contributed by atoms with van der Waals surface area (Å²) in [6, 6.07) is 16.0. The number of carbonyl (C=O) groups excluding carboxylic acids is 3. The van der Waals surface area contributed by atoms with E-state index in [2.05, 4.69) is 15.6 Å². The molecule has 1 fully saturated rings. The summed E-state index contributed by atoms with van der Waals surface area (Å²) in [6.45, 7) is 0.150. The standard InChI is InChI=1S/C23H22N4O4/c24-18(28)11-12-25-21(29)16-7-4-8-17(13-16)26-22(30)19-20(14-9-10-14)31-23(27-19)15-5-2-1-3-6-15/h1-8,13-14H,9-12H2,(H2,24,28)(H,25,29)(H,26,30). The maximum Gasteiger partial charge on any atom is 0.277 e. The number of amides is 3. The highest BCUT2D eigenvalue weighted by Gasteiger charge is 2.34. The fourth-order valence-corrected chi connectivity index (χ4v) is 3.15. The predicted molar refractivity (Wildman–Crippen MR) is 114 cm³/mol. The summed E-state index contributed by atoms with van der Waals surface area (Å²) in [5.74, 6) is -0.0294. The van der Waals surface area contributed by atoms with Crippen LogP contribution in [0.3, 0.4) is 0 Å². The molecule has 2 aromatic carbocycles. The highest BCUT2D eigenvalue weighted by atomic mass is 16.4. The number of anilines is 1. The lowest BCUT2D eigenvalue weighted by molar-refractivity contribution is -0.117. The summed E-state index contributed by atoms with van der Waals surface area (Å²) < 4.78 is 5.94. The number of rotatable bonds is 8. The van der Waals surface area contributed by atoms with E-state index in [0.29, 0.717) is 22.9 Å². The zero-order valence-corrected chi connectivity index (χ0v) is 16.8. The van der Waals surface area contributed by atoms with Gasteiger partial charge in [-0.05, 0) is 43.2 Å². The Balaban J connectivity index is 1.50. The molecule has 1 aliphatic rings. The second kappa shape index (κ2) is 8.83. The van der Waals surface area contributed by atoms with Gasteiger partial charge in [-0.15, -0.1) is 0 Å². The van der Waals surface area contributed by atoms with Gasteiger partial charge in [0.2, 0.25) is 11.8 Å².